The van der Waals surface area contributed by atoms with Gasteiger partial charge < -0.3 is 9.47 Å². The Kier molecular flexibility index (Phi) is 7.00. The minimum Gasteiger partial charge on any atom is -0.493 e. The fraction of sp³-hybridized carbons (Fsp3) is 0.154. The van der Waals surface area contributed by atoms with E-state index in [-0.39, 0.29) is 5.57 Å². The summed E-state index contributed by atoms with van der Waals surface area (Å²) in [5.74, 6) is 1.09. The van der Waals surface area contributed by atoms with Crippen molar-refractivity contribution in [1.82, 2.24) is 5.43 Å². The van der Waals surface area contributed by atoms with Crippen molar-refractivity contribution in [2.45, 2.75) is 11.8 Å². The molecule has 0 saturated carbocycles. The largest absolute Gasteiger partial charge is 0.493 e. The number of anilines is 1. The van der Waals surface area contributed by atoms with Crippen LogP contribution in [0.3, 0.4) is 0 Å². The lowest BCUT2D eigenvalue weighted by atomic mass is 10.1. The van der Waals surface area contributed by atoms with Crippen LogP contribution in [0.5, 0.6) is 11.5 Å². The Hall–Kier alpha value is -3.71. The zero-order valence-corrected chi connectivity index (χ0v) is 19.2. The lowest BCUT2D eigenvalue weighted by Crippen LogP contribution is -2.35. The van der Waals surface area contributed by atoms with E-state index in [9.17, 15) is 9.59 Å². The molecule has 1 N–H and O–H groups in total. The number of carbonyl (C=O) groups excluding carboxylic acids is 2. The molecule has 1 fully saturated rings. The van der Waals surface area contributed by atoms with Gasteiger partial charge in [0, 0.05) is 10.6 Å². The molecule has 7 heteroatoms. The van der Waals surface area contributed by atoms with E-state index in [1.54, 1.807) is 67.4 Å². The van der Waals surface area contributed by atoms with Crippen molar-refractivity contribution < 1.29 is 19.1 Å². The molecule has 1 aliphatic heterocycles. The van der Waals surface area contributed by atoms with Crippen LogP contribution in [-0.2, 0) is 9.59 Å². The van der Waals surface area contributed by atoms with Gasteiger partial charge in [-0.05, 0) is 55.0 Å². The van der Waals surface area contributed by atoms with Crippen LogP contribution in [0.15, 0.2) is 83.3 Å². The van der Waals surface area contributed by atoms with Crippen LogP contribution < -0.4 is 19.9 Å². The highest BCUT2D eigenvalue weighted by molar-refractivity contribution is 7.99. The molecule has 6 nitrogen and oxygen atoms in total. The van der Waals surface area contributed by atoms with Crippen molar-refractivity contribution in [3.05, 3.63) is 89.5 Å². The van der Waals surface area contributed by atoms with Crippen molar-refractivity contribution in [2.24, 2.45) is 0 Å². The van der Waals surface area contributed by atoms with Gasteiger partial charge in [-0.3, -0.25) is 15.0 Å². The molecular weight excluding hydrogens is 436 g/mol. The van der Waals surface area contributed by atoms with E-state index >= 15 is 0 Å². The second-order valence-electron chi connectivity index (χ2n) is 7.40. The molecule has 168 valence electrons. The van der Waals surface area contributed by atoms with E-state index in [2.05, 4.69) is 36.6 Å². The molecule has 2 amide bonds. The minimum absolute atomic E-state index is 0.0593. The number of hydrazine groups is 1. The third-order valence-corrected chi connectivity index (χ3v) is 6.01. The van der Waals surface area contributed by atoms with Gasteiger partial charge >= 0.3 is 0 Å². The zero-order valence-electron chi connectivity index (χ0n) is 18.4. The SMILES string of the molecule is COc1cc(/C=C2/C(=O)NN(c3ccccc3)C2=O)ccc1OCCSc1ccc(C)cc1. The first kappa shape index (κ1) is 22.5. The van der Waals surface area contributed by atoms with E-state index < -0.39 is 11.8 Å². The number of ether oxygens (including phenoxy) is 2. The van der Waals surface area contributed by atoms with E-state index in [0.717, 1.165) is 5.75 Å². The van der Waals surface area contributed by atoms with Gasteiger partial charge in [0.1, 0.15) is 5.57 Å². The van der Waals surface area contributed by atoms with E-state index in [4.69, 9.17) is 9.47 Å². The quantitative estimate of drug-likeness (QED) is 0.230. The molecule has 0 spiro atoms. The molecule has 0 unspecified atom stereocenters. The van der Waals surface area contributed by atoms with Crippen LogP contribution in [0, 0.1) is 6.92 Å². The van der Waals surface area contributed by atoms with Crippen molar-refractivity contribution in [3.8, 4) is 11.5 Å². The van der Waals surface area contributed by atoms with Crippen LogP contribution in [0.4, 0.5) is 5.69 Å². The third kappa shape index (κ3) is 5.38. The van der Waals surface area contributed by atoms with Crippen LogP contribution in [0.1, 0.15) is 11.1 Å². The lowest BCUT2D eigenvalue weighted by Gasteiger charge is -2.14. The summed E-state index contributed by atoms with van der Waals surface area (Å²) >= 11 is 1.72. The molecule has 3 aromatic carbocycles. The summed E-state index contributed by atoms with van der Waals surface area (Å²) in [4.78, 5) is 26.4. The summed E-state index contributed by atoms with van der Waals surface area (Å²) in [6, 6.07) is 22.7. The number of rotatable bonds is 8. The second kappa shape index (κ2) is 10.3. The maximum absolute atomic E-state index is 12.8. The first-order valence-corrected chi connectivity index (χ1v) is 11.5. The van der Waals surface area contributed by atoms with E-state index in [1.807, 2.05) is 6.07 Å². The highest BCUT2D eigenvalue weighted by Gasteiger charge is 2.34. The molecule has 0 bridgehead atoms. The minimum atomic E-state index is -0.448. The molecule has 4 rings (SSSR count). The van der Waals surface area contributed by atoms with Gasteiger partial charge in [0.25, 0.3) is 11.8 Å². The monoisotopic (exact) mass is 460 g/mol. The Morgan fingerprint density at radius 1 is 0.970 bits per heavy atom. The summed E-state index contributed by atoms with van der Waals surface area (Å²) in [5.41, 5.74) is 5.16. The smallest absolute Gasteiger partial charge is 0.282 e. The van der Waals surface area contributed by atoms with Gasteiger partial charge in [0.2, 0.25) is 0 Å². The fourth-order valence-corrected chi connectivity index (χ4v) is 4.05. The summed E-state index contributed by atoms with van der Waals surface area (Å²) < 4.78 is 11.4. The highest BCUT2D eigenvalue weighted by Crippen LogP contribution is 2.30. The summed E-state index contributed by atoms with van der Waals surface area (Å²) in [5, 5.41) is 1.24. The molecule has 0 radical (unpaired) electrons. The van der Waals surface area contributed by atoms with Crippen LogP contribution >= 0.6 is 11.8 Å². The Labute approximate surface area is 197 Å². The Balaban J connectivity index is 1.42. The normalized spacial score (nSPS) is 14.5. The van der Waals surface area contributed by atoms with Crippen molar-refractivity contribution in [3.63, 3.8) is 0 Å². The number of hydrogen-bond donors (Lipinski definition) is 1. The number of methoxy groups -OCH3 is 1. The van der Waals surface area contributed by atoms with Crippen LogP contribution in [0.25, 0.3) is 6.08 Å². The van der Waals surface area contributed by atoms with Crippen LogP contribution in [0.2, 0.25) is 0 Å². The van der Waals surface area contributed by atoms with Crippen molar-refractivity contribution in [1.29, 1.82) is 0 Å². The first-order chi connectivity index (χ1) is 16.0. The first-order valence-electron chi connectivity index (χ1n) is 10.5. The van der Waals surface area contributed by atoms with Gasteiger partial charge in [0.05, 0.1) is 19.4 Å². The topological polar surface area (TPSA) is 67.9 Å². The molecule has 1 heterocycles. The Morgan fingerprint density at radius 2 is 1.73 bits per heavy atom. The molecule has 0 aromatic heterocycles. The second-order valence-corrected chi connectivity index (χ2v) is 8.56. The fourth-order valence-electron chi connectivity index (χ4n) is 3.32. The number of benzene rings is 3. The number of carbonyl (C=O) groups is 2. The summed E-state index contributed by atoms with van der Waals surface area (Å²) in [6.07, 6.45) is 1.56. The third-order valence-electron chi connectivity index (χ3n) is 5.04. The number of nitrogens with one attached hydrogen (secondary N) is 1. The van der Waals surface area contributed by atoms with Gasteiger partial charge in [-0.1, -0.05) is 42.0 Å². The molecule has 33 heavy (non-hydrogen) atoms. The highest BCUT2D eigenvalue weighted by atomic mass is 32.2. The number of hydrogen-bond acceptors (Lipinski definition) is 5. The molecule has 0 atom stereocenters. The summed E-state index contributed by atoms with van der Waals surface area (Å²) in [7, 11) is 1.56. The van der Waals surface area contributed by atoms with Gasteiger partial charge in [0.15, 0.2) is 11.5 Å². The number of amides is 2. The number of para-hydroxylation sites is 1. The molecule has 0 aliphatic carbocycles. The molecule has 1 aliphatic rings. The molecule has 3 aromatic rings. The lowest BCUT2D eigenvalue weighted by molar-refractivity contribution is -0.117. The Morgan fingerprint density at radius 3 is 2.45 bits per heavy atom. The predicted molar refractivity (Wildman–Crippen MR) is 130 cm³/mol. The van der Waals surface area contributed by atoms with Gasteiger partial charge in [-0.25, -0.2) is 5.01 Å². The predicted octanol–water partition coefficient (Wildman–Crippen LogP) is 4.64. The summed E-state index contributed by atoms with van der Waals surface area (Å²) in [6.45, 7) is 2.58. The van der Waals surface area contributed by atoms with Crippen LogP contribution in [-0.4, -0.2) is 31.3 Å². The van der Waals surface area contributed by atoms with Gasteiger partial charge in [-0.15, -0.1) is 11.8 Å². The van der Waals surface area contributed by atoms with Crippen molar-refractivity contribution >= 4 is 35.3 Å². The maximum Gasteiger partial charge on any atom is 0.282 e. The average molecular weight is 461 g/mol. The number of thioether (sulfide) groups is 1. The Bertz CT molecular complexity index is 1180. The maximum atomic E-state index is 12.8. The standard InChI is InChI=1S/C26H24N2O4S/c1-18-8-11-21(12-9-18)33-15-14-32-23-13-10-19(17-24(23)31-2)16-22-25(29)27-28(26(22)30)20-6-4-3-5-7-20/h3-13,16-17H,14-15H2,1-2H3,(H,27,29)/b22-16-. The molecule has 1 saturated heterocycles. The number of nitrogens with zero attached hydrogens (tertiary/aromatic N) is 1. The average Bonchev–Trinajstić information content (AvgIpc) is 3.12. The van der Waals surface area contributed by atoms with E-state index in [1.165, 1.54) is 15.5 Å². The van der Waals surface area contributed by atoms with Crippen molar-refractivity contribution in [2.75, 3.05) is 24.5 Å². The zero-order chi connectivity index (χ0) is 23.2. The van der Waals surface area contributed by atoms with E-state index in [0.29, 0.717) is 29.4 Å². The molecular formula is C26H24N2O4S. The number of aryl methyl sites for hydroxylation is 1. The van der Waals surface area contributed by atoms with Gasteiger partial charge in [-0.2, -0.15) is 0 Å².